The van der Waals surface area contributed by atoms with Gasteiger partial charge in [-0.3, -0.25) is 0 Å². The topological polar surface area (TPSA) is 69.6 Å². The van der Waals surface area contributed by atoms with E-state index in [4.69, 9.17) is 0 Å². The molecule has 2 amide bonds. The largest absolute Gasteiger partial charge is 0.479 e. The Morgan fingerprint density at radius 2 is 2.14 bits per heavy atom. The van der Waals surface area contributed by atoms with Crippen molar-refractivity contribution in [1.82, 2.24) is 10.2 Å². The molecule has 1 aliphatic carbocycles. The third kappa shape index (κ3) is 4.46. The summed E-state index contributed by atoms with van der Waals surface area (Å²) in [4.78, 5) is 25.8. The number of urea groups is 1. The van der Waals surface area contributed by atoms with Crippen LogP contribution in [-0.2, 0) is 4.79 Å². The molecule has 1 aromatic rings. The first-order valence-corrected chi connectivity index (χ1v) is 8.23. The van der Waals surface area contributed by atoms with Crippen molar-refractivity contribution >= 4 is 23.3 Å². The Labute approximate surface area is 129 Å². The lowest BCUT2D eigenvalue weighted by atomic mass is 9.89. The molecule has 0 aliphatic heterocycles. The van der Waals surface area contributed by atoms with Crippen LogP contribution in [0.1, 0.15) is 43.0 Å². The normalized spacial score (nSPS) is 17.2. The van der Waals surface area contributed by atoms with Gasteiger partial charge in [-0.2, -0.15) is 0 Å². The number of aliphatic carboxylic acids is 1. The second-order valence-electron chi connectivity index (χ2n) is 5.62. The number of rotatable bonds is 5. The van der Waals surface area contributed by atoms with Crippen molar-refractivity contribution in [3.05, 3.63) is 22.4 Å². The van der Waals surface area contributed by atoms with Crippen LogP contribution in [0.2, 0.25) is 0 Å². The quantitative estimate of drug-likeness (QED) is 0.878. The van der Waals surface area contributed by atoms with E-state index in [1.165, 1.54) is 30.6 Å². The molecular weight excluding hydrogens is 288 g/mol. The summed E-state index contributed by atoms with van der Waals surface area (Å²) < 4.78 is 0. The zero-order chi connectivity index (χ0) is 15.2. The summed E-state index contributed by atoms with van der Waals surface area (Å²) in [5, 5.41) is 13.7. The van der Waals surface area contributed by atoms with E-state index in [-0.39, 0.29) is 6.03 Å². The highest BCUT2D eigenvalue weighted by Gasteiger charge is 2.25. The molecular formula is C15H22N2O3S. The molecule has 1 aromatic heterocycles. The maximum absolute atomic E-state index is 12.2. The lowest BCUT2D eigenvalue weighted by Crippen LogP contribution is -2.43. The monoisotopic (exact) mass is 310 g/mol. The molecule has 6 heteroatoms. The minimum atomic E-state index is -1.03. The summed E-state index contributed by atoms with van der Waals surface area (Å²) in [6.45, 7) is 0.697. The second kappa shape index (κ2) is 7.45. The van der Waals surface area contributed by atoms with Gasteiger partial charge in [0, 0.05) is 18.5 Å². The summed E-state index contributed by atoms with van der Waals surface area (Å²) in [7, 11) is 1.73. The molecule has 1 heterocycles. The van der Waals surface area contributed by atoms with E-state index >= 15 is 0 Å². The van der Waals surface area contributed by atoms with Crippen LogP contribution in [0, 0.1) is 5.92 Å². The number of nitrogens with zero attached hydrogens (tertiary/aromatic N) is 1. The molecule has 0 spiro atoms. The highest BCUT2D eigenvalue weighted by atomic mass is 32.1. The number of carboxylic acid groups (broad SMARTS) is 1. The Kier molecular flexibility index (Phi) is 5.61. The van der Waals surface area contributed by atoms with Crippen LogP contribution < -0.4 is 5.32 Å². The van der Waals surface area contributed by atoms with Gasteiger partial charge in [-0.25, -0.2) is 9.59 Å². The lowest BCUT2D eigenvalue weighted by molar-refractivity contribution is -0.139. The van der Waals surface area contributed by atoms with Gasteiger partial charge in [0.15, 0.2) is 6.04 Å². The molecule has 0 aromatic carbocycles. The third-order valence-corrected chi connectivity index (χ3v) is 4.88. The molecule has 2 rings (SSSR count). The summed E-state index contributed by atoms with van der Waals surface area (Å²) in [6, 6.07) is 2.23. The molecule has 0 radical (unpaired) electrons. The van der Waals surface area contributed by atoms with Crippen LogP contribution in [0.25, 0.3) is 0 Å². The van der Waals surface area contributed by atoms with E-state index in [9.17, 15) is 14.7 Å². The minimum absolute atomic E-state index is 0.318. The Morgan fingerprint density at radius 1 is 1.43 bits per heavy atom. The first-order valence-electron chi connectivity index (χ1n) is 7.35. The molecule has 1 fully saturated rings. The van der Waals surface area contributed by atoms with Crippen LogP contribution in [0.15, 0.2) is 17.5 Å². The number of hydrogen-bond acceptors (Lipinski definition) is 3. The fraction of sp³-hybridized carbons (Fsp3) is 0.600. The van der Waals surface area contributed by atoms with Crippen molar-refractivity contribution in [2.45, 2.75) is 38.1 Å². The van der Waals surface area contributed by atoms with Crippen LogP contribution in [-0.4, -0.2) is 35.6 Å². The van der Waals surface area contributed by atoms with Crippen molar-refractivity contribution in [3.63, 3.8) is 0 Å². The Balaban J connectivity index is 1.90. The molecule has 0 saturated heterocycles. The first kappa shape index (κ1) is 15.8. The van der Waals surface area contributed by atoms with Crippen molar-refractivity contribution in [2.24, 2.45) is 5.92 Å². The van der Waals surface area contributed by atoms with E-state index in [0.29, 0.717) is 17.3 Å². The SMILES string of the molecule is CN(CC1CCCCC1)C(=O)NC(C(=O)O)c1cccs1. The maximum Gasteiger partial charge on any atom is 0.331 e. The smallest absolute Gasteiger partial charge is 0.331 e. The predicted octanol–water partition coefficient (Wildman–Crippen LogP) is 3.10. The number of amides is 2. The van der Waals surface area contributed by atoms with Crippen molar-refractivity contribution in [3.8, 4) is 0 Å². The van der Waals surface area contributed by atoms with Crippen molar-refractivity contribution in [2.75, 3.05) is 13.6 Å². The van der Waals surface area contributed by atoms with Gasteiger partial charge in [0.05, 0.1) is 0 Å². The predicted molar refractivity (Wildman–Crippen MR) is 82.4 cm³/mol. The standard InChI is InChI=1S/C15H22N2O3S/c1-17(10-11-6-3-2-4-7-11)15(20)16-13(14(18)19)12-8-5-9-21-12/h5,8-9,11,13H,2-4,6-7,10H2,1H3,(H,16,20)(H,18,19). The minimum Gasteiger partial charge on any atom is -0.479 e. The molecule has 1 unspecified atom stereocenters. The van der Waals surface area contributed by atoms with Gasteiger partial charge < -0.3 is 15.3 Å². The second-order valence-corrected chi connectivity index (χ2v) is 6.60. The zero-order valence-electron chi connectivity index (χ0n) is 12.2. The molecule has 1 saturated carbocycles. The van der Waals surface area contributed by atoms with E-state index in [0.717, 1.165) is 12.8 Å². The molecule has 5 nitrogen and oxygen atoms in total. The van der Waals surface area contributed by atoms with E-state index in [2.05, 4.69) is 5.32 Å². The molecule has 1 aliphatic rings. The molecule has 0 bridgehead atoms. The van der Waals surface area contributed by atoms with Gasteiger partial charge in [-0.15, -0.1) is 11.3 Å². The average molecular weight is 310 g/mol. The van der Waals surface area contributed by atoms with Crippen LogP contribution in [0.4, 0.5) is 4.79 Å². The van der Waals surface area contributed by atoms with Gasteiger partial charge in [0.25, 0.3) is 0 Å². The third-order valence-electron chi connectivity index (χ3n) is 3.95. The lowest BCUT2D eigenvalue weighted by Gasteiger charge is -2.28. The summed E-state index contributed by atoms with van der Waals surface area (Å²) in [5.41, 5.74) is 0. The Hall–Kier alpha value is -1.56. The van der Waals surface area contributed by atoms with E-state index in [1.54, 1.807) is 24.1 Å². The number of thiophene rings is 1. The molecule has 21 heavy (non-hydrogen) atoms. The number of carbonyl (C=O) groups excluding carboxylic acids is 1. The number of nitrogens with one attached hydrogen (secondary N) is 1. The fourth-order valence-corrected chi connectivity index (χ4v) is 3.55. The number of carboxylic acids is 1. The molecule has 116 valence electrons. The molecule has 2 N–H and O–H groups in total. The maximum atomic E-state index is 12.2. The van der Waals surface area contributed by atoms with E-state index < -0.39 is 12.0 Å². The Morgan fingerprint density at radius 3 is 2.71 bits per heavy atom. The van der Waals surface area contributed by atoms with Crippen molar-refractivity contribution < 1.29 is 14.7 Å². The van der Waals surface area contributed by atoms with Crippen LogP contribution in [0.5, 0.6) is 0 Å². The van der Waals surface area contributed by atoms with Crippen LogP contribution >= 0.6 is 11.3 Å². The Bertz CT molecular complexity index is 469. The summed E-state index contributed by atoms with van der Waals surface area (Å²) in [5.74, 6) is -0.489. The van der Waals surface area contributed by atoms with Gasteiger partial charge in [0.1, 0.15) is 0 Å². The highest BCUT2D eigenvalue weighted by Crippen LogP contribution is 2.24. The molecule has 1 atom stereocenters. The highest BCUT2D eigenvalue weighted by molar-refractivity contribution is 7.10. The fourth-order valence-electron chi connectivity index (χ4n) is 2.78. The zero-order valence-corrected chi connectivity index (χ0v) is 13.1. The van der Waals surface area contributed by atoms with E-state index in [1.807, 2.05) is 5.38 Å². The van der Waals surface area contributed by atoms with Gasteiger partial charge >= 0.3 is 12.0 Å². The number of carbonyl (C=O) groups is 2. The van der Waals surface area contributed by atoms with Crippen LogP contribution in [0.3, 0.4) is 0 Å². The number of hydrogen-bond donors (Lipinski definition) is 2. The average Bonchev–Trinajstić information content (AvgIpc) is 2.99. The summed E-state index contributed by atoms with van der Waals surface area (Å²) >= 11 is 1.33. The van der Waals surface area contributed by atoms with Gasteiger partial charge in [-0.1, -0.05) is 25.3 Å². The summed E-state index contributed by atoms with van der Waals surface area (Å²) in [6.07, 6.45) is 6.06. The van der Waals surface area contributed by atoms with Crippen molar-refractivity contribution in [1.29, 1.82) is 0 Å². The van der Waals surface area contributed by atoms with Gasteiger partial charge in [0.2, 0.25) is 0 Å². The first-order chi connectivity index (χ1) is 10.1. The van der Waals surface area contributed by atoms with Gasteiger partial charge in [-0.05, 0) is 30.2 Å².